The zero-order valence-corrected chi connectivity index (χ0v) is 14.5. The minimum absolute atomic E-state index is 0.139. The quantitative estimate of drug-likeness (QED) is 0.387. The molecule has 0 bridgehead atoms. The van der Waals surface area contributed by atoms with Crippen LogP contribution >= 0.6 is 0 Å². The van der Waals surface area contributed by atoms with Gasteiger partial charge in [-0.1, -0.05) is 6.07 Å². The number of aliphatic hydroxyl groups is 1. The number of ether oxygens (including phenoxy) is 1. The van der Waals surface area contributed by atoms with Gasteiger partial charge in [0.05, 0.1) is 19.4 Å². The number of halogens is 1. The molecule has 1 unspecified atom stereocenters. The summed E-state index contributed by atoms with van der Waals surface area (Å²) < 4.78 is 23.8. The van der Waals surface area contributed by atoms with Crippen LogP contribution in [0.4, 0.5) is 4.39 Å². The Morgan fingerprint density at radius 3 is 2.84 bits per heavy atom. The van der Waals surface area contributed by atoms with Gasteiger partial charge in [-0.2, -0.15) is 0 Å². The average Bonchev–Trinajstić information content (AvgIpc) is 3.12. The predicted molar refractivity (Wildman–Crippen MR) is 94.2 cm³/mol. The van der Waals surface area contributed by atoms with Crippen LogP contribution in [0.25, 0.3) is 0 Å². The van der Waals surface area contributed by atoms with Crippen LogP contribution in [-0.2, 0) is 5.60 Å². The Morgan fingerprint density at radius 1 is 1.32 bits per heavy atom. The Bertz CT molecular complexity index is 672. The Labute approximate surface area is 146 Å². The lowest BCUT2D eigenvalue weighted by atomic mass is 10.0. The molecule has 0 radical (unpaired) electrons. The van der Waals surface area contributed by atoms with Crippen LogP contribution in [-0.4, -0.2) is 37.3 Å². The lowest BCUT2D eigenvalue weighted by molar-refractivity contribution is 0.0437. The van der Waals surface area contributed by atoms with Crippen molar-refractivity contribution in [1.29, 1.82) is 0 Å². The lowest BCUT2D eigenvalue weighted by Gasteiger charge is -2.19. The summed E-state index contributed by atoms with van der Waals surface area (Å²) in [6.07, 6.45) is 1.51. The molecule has 1 atom stereocenters. The predicted octanol–water partition coefficient (Wildman–Crippen LogP) is 2.26. The molecule has 1 heterocycles. The summed E-state index contributed by atoms with van der Waals surface area (Å²) in [5, 5.41) is 16.6. The van der Waals surface area contributed by atoms with Crippen molar-refractivity contribution in [1.82, 2.24) is 10.6 Å². The molecular formula is C18H24FN3O3. The molecule has 0 spiro atoms. The fourth-order valence-corrected chi connectivity index (χ4v) is 2.13. The van der Waals surface area contributed by atoms with Crippen molar-refractivity contribution >= 4 is 5.96 Å². The number of guanidine groups is 1. The van der Waals surface area contributed by atoms with Gasteiger partial charge in [0.2, 0.25) is 0 Å². The van der Waals surface area contributed by atoms with Gasteiger partial charge in [-0.05, 0) is 38.1 Å². The van der Waals surface area contributed by atoms with Crippen LogP contribution in [0.3, 0.4) is 0 Å². The average molecular weight is 349 g/mol. The maximum atomic E-state index is 13.1. The number of benzene rings is 1. The summed E-state index contributed by atoms with van der Waals surface area (Å²) in [6, 6.07) is 9.43. The summed E-state index contributed by atoms with van der Waals surface area (Å²) in [5.41, 5.74) is -1.19. The minimum Gasteiger partial charge on any atom is -0.492 e. The molecule has 7 heteroatoms. The fourth-order valence-electron chi connectivity index (χ4n) is 2.13. The van der Waals surface area contributed by atoms with E-state index in [0.29, 0.717) is 37.2 Å². The standard InChI is InChI=1S/C18H24FN3O3/c1-3-20-17(22-13-18(2,23)16-8-5-10-25-16)21-9-11-24-15-7-4-6-14(19)12-15/h4-8,10,12,23H,3,9,11,13H2,1-2H3,(H2,20,21,22). The first-order valence-electron chi connectivity index (χ1n) is 8.18. The third-order valence-electron chi connectivity index (χ3n) is 3.40. The smallest absolute Gasteiger partial charge is 0.191 e. The number of nitrogens with zero attached hydrogens (tertiary/aromatic N) is 1. The van der Waals surface area contributed by atoms with E-state index in [2.05, 4.69) is 15.6 Å². The SMILES string of the molecule is CCNC(=NCC(C)(O)c1ccco1)NCCOc1cccc(F)c1. The number of furan rings is 1. The molecule has 0 aliphatic rings. The molecule has 0 saturated heterocycles. The van der Waals surface area contributed by atoms with Crippen molar-refractivity contribution in [3.8, 4) is 5.75 Å². The number of hydrogen-bond donors (Lipinski definition) is 3. The summed E-state index contributed by atoms with van der Waals surface area (Å²) in [6.45, 7) is 5.24. The van der Waals surface area contributed by atoms with E-state index in [0.717, 1.165) is 0 Å². The summed E-state index contributed by atoms with van der Waals surface area (Å²) in [4.78, 5) is 4.37. The van der Waals surface area contributed by atoms with E-state index in [1.165, 1.54) is 18.4 Å². The molecule has 0 aliphatic carbocycles. The molecular weight excluding hydrogens is 325 g/mol. The number of nitrogens with one attached hydrogen (secondary N) is 2. The highest BCUT2D eigenvalue weighted by Gasteiger charge is 2.25. The first-order valence-corrected chi connectivity index (χ1v) is 8.18. The van der Waals surface area contributed by atoms with Crippen LogP contribution < -0.4 is 15.4 Å². The second kappa shape index (κ2) is 9.08. The zero-order valence-electron chi connectivity index (χ0n) is 14.5. The highest BCUT2D eigenvalue weighted by atomic mass is 19.1. The van der Waals surface area contributed by atoms with Crippen molar-refractivity contribution in [2.75, 3.05) is 26.2 Å². The van der Waals surface area contributed by atoms with Crippen molar-refractivity contribution in [2.24, 2.45) is 4.99 Å². The molecule has 6 nitrogen and oxygen atoms in total. The Balaban J connectivity index is 1.83. The normalized spacial score (nSPS) is 14.0. The van der Waals surface area contributed by atoms with Crippen molar-refractivity contribution in [3.63, 3.8) is 0 Å². The first kappa shape index (κ1) is 18.8. The van der Waals surface area contributed by atoms with E-state index < -0.39 is 5.60 Å². The molecule has 0 amide bonds. The molecule has 1 aromatic heterocycles. The van der Waals surface area contributed by atoms with Crippen molar-refractivity contribution in [2.45, 2.75) is 19.4 Å². The van der Waals surface area contributed by atoms with Gasteiger partial charge in [0, 0.05) is 12.6 Å². The molecule has 25 heavy (non-hydrogen) atoms. The second-order valence-corrected chi connectivity index (χ2v) is 5.68. The molecule has 0 aliphatic heterocycles. The molecule has 136 valence electrons. The van der Waals surface area contributed by atoms with Crippen molar-refractivity contribution < 1.29 is 18.7 Å². The molecule has 2 rings (SSSR count). The van der Waals surface area contributed by atoms with Gasteiger partial charge < -0.3 is 24.9 Å². The third-order valence-corrected chi connectivity index (χ3v) is 3.40. The summed E-state index contributed by atoms with van der Waals surface area (Å²) >= 11 is 0. The van der Waals surface area contributed by atoms with Crippen LogP contribution in [0, 0.1) is 5.82 Å². The van der Waals surface area contributed by atoms with E-state index in [1.807, 2.05) is 6.92 Å². The van der Waals surface area contributed by atoms with Crippen LogP contribution in [0.5, 0.6) is 5.75 Å². The van der Waals surface area contributed by atoms with Gasteiger partial charge in [-0.15, -0.1) is 0 Å². The van der Waals surface area contributed by atoms with E-state index in [-0.39, 0.29) is 12.4 Å². The molecule has 2 aromatic rings. The third kappa shape index (κ3) is 6.11. The minimum atomic E-state index is -1.19. The van der Waals surface area contributed by atoms with E-state index >= 15 is 0 Å². The summed E-state index contributed by atoms with van der Waals surface area (Å²) in [5.74, 6) is 1.16. The Hall–Kier alpha value is -2.54. The van der Waals surface area contributed by atoms with Gasteiger partial charge >= 0.3 is 0 Å². The number of aliphatic imine (C=N–C) groups is 1. The van der Waals surface area contributed by atoms with Crippen LogP contribution in [0.2, 0.25) is 0 Å². The Kier molecular flexibility index (Phi) is 6.82. The van der Waals surface area contributed by atoms with E-state index in [4.69, 9.17) is 9.15 Å². The number of hydrogen-bond acceptors (Lipinski definition) is 4. The van der Waals surface area contributed by atoms with Gasteiger partial charge in [-0.25, -0.2) is 9.38 Å². The highest BCUT2D eigenvalue weighted by Crippen LogP contribution is 2.21. The Morgan fingerprint density at radius 2 is 2.16 bits per heavy atom. The second-order valence-electron chi connectivity index (χ2n) is 5.68. The maximum Gasteiger partial charge on any atom is 0.191 e. The van der Waals surface area contributed by atoms with Crippen LogP contribution in [0.15, 0.2) is 52.1 Å². The lowest BCUT2D eigenvalue weighted by Crippen LogP contribution is -2.40. The zero-order chi connectivity index (χ0) is 18.1. The molecule has 3 N–H and O–H groups in total. The van der Waals surface area contributed by atoms with Gasteiger partial charge in [0.1, 0.15) is 29.5 Å². The molecule has 1 aromatic carbocycles. The first-order chi connectivity index (χ1) is 12.0. The van der Waals surface area contributed by atoms with Gasteiger partial charge in [0.25, 0.3) is 0 Å². The summed E-state index contributed by atoms with van der Waals surface area (Å²) in [7, 11) is 0. The molecule has 0 fully saturated rings. The monoisotopic (exact) mass is 349 g/mol. The molecule has 0 saturated carbocycles. The highest BCUT2D eigenvalue weighted by molar-refractivity contribution is 5.79. The van der Waals surface area contributed by atoms with Crippen LogP contribution in [0.1, 0.15) is 19.6 Å². The van der Waals surface area contributed by atoms with E-state index in [1.54, 1.807) is 31.2 Å². The largest absolute Gasteiger partial charge is 0.492 e. The maximum absolute atomic E-state index is 13.1. The van der Waals surface area contributed by atoms with Crippen molar-refractivity contribution in [3.05, 3.63) is 54.2 Å². The fraction of sp³-hybridized carbons (Fsp3) is 0.389. The topological polar surface area (TPSA) is 79.0 Å². The van der Waals surface area contributed by atoms with Gasteiger partial charge in [0.15, 0.2) is 5.96 Å². The number of rotatable bonds is 8. The van der Waals surface area contributed by atoms with Gasteiger partial charge in [-0.3, -0.25) is 0 Å². The van der Waals surface area contributed by atoms with E-state index in [9.17, 15) is 9.50 Å².